The number of benzene rings is 1. The van der Waals surface area contributed by atoms with E-state index in [1.165, 1.54) is 0 Å². The number of carbonyl (C=O) groups excluding carboxylic acids is 1. The second-order valence-corrected chi connectivity index (χ2v) is 6.00. The van der Waals surface area contributed by atoms with E-state index in [0.717, 1.165) is 4.47 Å². The highest BCUT2D eigenvalue weighted by atomic mass is 79.9. The number of alkyl halides is 2. The third-order valence-electron chi connectivity index (χ3n) is 3.24. The molecule has 5 heteroatoms. The first-order valence-electron chi connectivity index (χ1n) is 5.72. The van der Waals surface area contributed by atoms with Crippen molar-refractivity contribution in [3.63, 3.8) is 0 Å². The summed E-state index contributed by atoms with van der Waals surface area (Å²) >= 11 is 9.28. The summed E-state index contributed by atoms with van der Waals surface area (Å²) in [6.07, 6.45) is -0.0930. The molecule has 18 heavy (non-hydrogen) atoms. The zero-order valence-electron chi connectivity index (χ0n) is 9.56. The molecule has 0 aliphatic heterocycles. The van der Waals surface area contributed by atoms with E-state index in [2.05, 4.69) is 15.9 Å². The summed E-state index contributed by atoms with van der Waals surface area (Å²) in [5, 5.41) is 0.488. The zero-order valence-corrected chi connectivity index (χ0v) is 11.9. The minimum Gasteiger partial charge on any atom is -0.299 e. The van der Waals surface area contributed by atoms with E-state index in [-0.39, 0.29) is 31.5 Å². The molecule has 1 saturated carbocycles. The highest BCUT2D eigenvalue weighted by molar-refractivity contribution is 9.10. The van der Waals surface area contributed by atoms with Crippen LogP contribution in [0.25, 0.3) is 0 Å². The SMILES string of the molecule is O=C(Cc1ccc(Br)cc1Cl)C1CCC(F)(F)C1. The van der Waals surface area contributed by atoms with Gasteiger partial charge in [-0.2, -0.15) is 0 Å². The maximum Gasteiger partial charge on any atom is 0.248 e. The van der Waals surface area contributed by atoms with Crippen molar-refractivity contribution in [2.45, 2.75) is 31.6 Å². The van der Waals surface area contributed by atoms with E-state index in [1.54, 1.807) is 18.2 Å². The van der Waals surface area contributed by atoms with Crippen LogP contribution >= 0.6 is 27.5 Å². The summed E-state index contributed by atoms with van der Waals surface area (Å²) in [5.41, 5.74) is 0.695. The van der Waals surface area contributed by atoms with Gasteiger partial charge in [-0.1, -0.05) is 33.6 Å². The van der Waals surface area contributed by atoms with E-state index in [0.29, 0.717) is 10.6 Å². The fourth-order valence-corrected chi connectivity index (χ4v) is 2.96. The van der Waals surface area contributed by atoms with Crippen molar-refractivity contribution < 1.29 is 13.6 Å². The Labute approximate surface area is 118 Å². The lowest BCUT2D eigenvalue weighted by molar-refractivity contribution is -0.123. The first-order valence-corrected chi connectivity index (χ1v) is 6.89. The van der Waals surface area contributed by atoms with Gasteiger partial charge >= 0.3 is 0 Å². The molecule has 1 fully saturated rings. The first-order chi connectivity index (χ1) is 8.37. The number of hydrogen-bond donors (Lipinski definition) is 0. The van der Waals surface area contributed by atoms with Gasteiger partial charge in [0, 0.05) is 34.7 Å². The minimum absolute atomic E-state index is 0.132. The van der Waals surface area contributed by atoms with Gasteiger partial charge in [-0.25, -0.2) is 8.78 Å². The van der Waals surface area contributed by atoms with Crippen LogP contribution in [-0.2, 0) is 11.2 Å². The molecule has 1 aliphatic rings. The van der Waals surface area contributed by atoms with Crippen LogP contribution in [0.3, 0.4) is 0 Å². The van der Waals surface area contributed by atoms with Gasteiger partial charge in [0.1, 0.15) is 5.78 Å². The second kappa shape index (κ2) is 5.25. The Morgan fingerprint density at radius 2 is 2.22 bits per heavy atom. The Hall–Kier alpha value is -0.480. The number of hydrogen-bond acceptors (Lipinski definition) is 1. The molecule has 1 aromatic rings. The predicted molar refractivity (Wildman–Crippen MR) is 70.2 cm³/mol. The summed E-state index contributed by atoms with van der Waals surface area (Å²) in [4.78, 5) is 11.9. The fourth-order valence-electron chi connectivity index (χ4n) is 2.22. The lowest BCUT2D eigenvalue weighted by atomic mass is 9.96. The third-order valence-corrected chi connectivity index (χ3v) is 4.08. The molecular formula is C13H12BrClF2O. The monoisotopic (exact) mass is 336 g/mol. The number of rotatable bonds is 3. The highest BCUT2D eigenvalue weighted by Crippen LogP contribution is 2.39. The van der Waals surface area contributed by atoms with Crippen molar-refractivity contribution in [2.24, 2.45) is 5.92 Å². The molecule has 1 nitrogen and oxygen atoms in total. The number of ketones is 1. The lowest BCUT2D eigenvalue weighted by Crippen LogP contribution is -2.17. The van der Waals surface area contributed by atoms with Crippen molar-refractivity contribution in [3.05, 3.63) is 33.3 Å². The molecule has 0 heterocycles. The van der Waals surface area contributed by atoms with Gasteiger partial charge < -0.3 is 0 Å². The van der Waals surface area contributed by atoms with Crippen molar-refractivity contribution in [3.8, 4) is 0 Å². The molecule has 0 saturated heterocycles. The van der Waals surface area contributed by atoms with Crippen LogP contribution in [0.4, 0.5) is 8.78 Å². The Morgan fingerprint density at radius 1 is 1.50 bits per heavy atom. The van der Waals surface area contributed by atoms with Crippen LogP contribution in [0.2, 0.25) is 5.02 Å². The average molecular weight is 338 g/mol. The van der Waals surface area contributed by atoms with Crippen LogP contribution in [0, 0.1) is 5.92 Å². The Balaban J connectivity index is 2.04. The van der Waals surface area contributed by atoms with Crippen LogP contribution < -0.4 is 0 Å². The van der Waals surface area contributed by atoms with Gasteiger partial charge in [-0.3, -0.25) is 4.79 Å². The molecular weight excluding hydrogens is 325 g/mol. The molecule has 1 atom stereocenters. The summed E-state index contributed by atoms with van der Waals surface area (Å²) in [7, 11) is 0. The van der Waals surface area contributed by atoms with Crippen LogP contribution in [0.15, 0.2) is 22.7 Å². The molecule has 1 unspecified atom stereocenters. The van der Waals surface area contributed by atoms with Crippen LogP contribution in [0.5, 0.6) is 0 Å². The number of carbonyl (C=O) groups is 1. The van der Waals surface area contributed by atoms with Gasteiger partial charge in [0.15, 0.2) is 0 Å². The molecule has 0 amide bonds. The molecule has 0 aromatic heterocycles. The van der Waals surface area contributed by atoms with Crippen molar-refractivity contribution in [1.29, 1.82) is 0 Å². The fraction of sp³-hybridized carbons (Fsp3) is 0.462. The Bertz CT molecular complexity index is 476. The van der Waals surface area contributed by atoms with Gasteiger partial charge in [0.05, 0.1) is 0 Å². The maximum atomic E-state index is 13.0. The normalized spacial score (nSPS) is 22.1. The molecule has 2 rings (SSSR count). The average Bonchev–Trinajstić information content (AvgIpc) is 2.63. The minimum atomic E-state index is -2.68. The van der Waals surface area contributed by atoms with Crippen molar-refractivity contribution >= 4 is 33.3 Å². The molecule has 0 bridgehead atoms. The Kier molecular flexibility index (Phi) is 4.07. The molecule has 0 N–H and O–H groups in total. The highest BCUT2D eigenvalue weighted by Gasteiger charge is 2.42. The Morgan fingerprint density at radius 3 is 2.78 bits per heavy atom. The quantitative estimate of drug-likeness (QED) is 0.784. The molecule has 0 radical (unpaired) electrons. The molecule has 98 valence electrons. The number of Topliss-reactive ketones (excluding diaryl/α,β-unsaturated/α-hetero) is 1. The second-order valence-electron chi connectivity index (χ2n) is 4.67. The summed E-state index contributed by atoms with van der Waals surface area (Å²) in [6, 6.07) is 5.24. The number of halogens is 4. The standard InChI is InChI=1S/C13H12BrClF2O/c14-10-2-1-8(11(15)6-10)5-12(18)9-3-4-13(16,17)7-9/h1-2,6,9H,3-5,7H2. The largest absolute Gasteiger partial charge is 0.299 e. The summed E-state index contributed by atoms with van der Waals surface area (Å²) in [5.74, 6) is -3.35. The zero-order chi connectivity index (χ0) is 13.3. The van der Waals surface area contributed by atoms with E-state index in [4.69, 9.17) is 11.6 Å². The van der Waals surface area contributed by atoms with E-state index < -0.39 is 11.8 Å². The van der Waals surface area contributed by atoms with Gasteiger partial charge in [0.25, 0.3) is 0 Å². The van der Waals surface area contributed by atoms with Gasteiger partial charge in [-0.05, 0) is 24.1 Å². The topological polar surface area (TPSA) is 17.1 Å². The van der Waals surface area contributed by atoms with E-state index in [9.17, 15) is 13.6 Å². The smallest absolute Gasteiger partial charge is 0.248 e. The summed E-state index contributed by atoms with van der Waals surface area (Å²) < 4.78 is 26.9. The molecule has 0 spiro atoms. The van der Waals surface area contributed by atoms with E-state index in [1.807, 2.05) is 0 Å². The molecule has 1 aromatic carbocycles. The van der Waals surface area contributed by atoms with Gasteiger partial charge in [0.2, 0.25) is 5.92 Å². The van der Waals surface area contributed by atoms with Crippen molar-refractivity contribution in [2.75, 3.05) is 0 Å². The van der Waals surface area contributed by atoms with Gasteiger partial charge in [-0.15, -0.1) is 0 Å². The summed E-state index contributed by atoms with van der Waals surface area (Å²) in [6.45, 7) is 0. The van der Waals surface area contributed by atoms with E-state index >= 15 is 0 Å². The van der Waals surface area contributed by atoms with Crippen LogP contribution in [-0.4, -0.2) is 11.7 Å². The van der Waals surface area contributed by atoms with Crippen LogP contribution in [0.1, 0.15) is 24.8 Å². The lowest BCUT2D eigenvalue weighted by Gasteiger charge is -2.10. The molecule has 1 aliphatic carbocycles. The third kappa shape index (κ3) is 3.29. The maximum absolute atomic E-state index is 13.0. The predicted octanol–water partition coefficient (Wildman–Crippen LogP) is 4.65. The first kappa shape index (κ1) is 13.9. The van der Waals surface area contributed by atoms with Crippen molar-refractivity contribution in [1.82, 2.24) is 0 Å².